The predicted octanol–water partition coefficient (Wildman–Crippen LogP) is 2.10. The van der Waals surface area contributed by atoms with Gasteiger partial charge in [0.25, 0.3) is 11.4 Å². The molecule has 1 saturated heterocycles. The molecule has 1 fully saturated rings. The zero-order valence-corrected chi connectivity index (χ0v) is 20.0. The van der Waals surface area contributed by atoms with Crippen LogP contribution in [0.2, 0.25) is 0 Å². The number of carbonyl (C=O) groups excluding carboxylic acids is 3. The third-order valence-electron chi connectivity index (χ3n) is 5.72. The molecule has 0 bridgehead atoms. The largest absolute Gasteiger partial charge is 0.459 e. The Balaban J connectivity index is 1.76. The van der Waals surface area contributed by atoms with Gasteiger partial charge < -0.3 is 23.8 Å². The number of carbonyl (C=O) groups is 3. The Hall–Kier alpha value is -4.43. The lowest BCUT2D eigenvalue weighted by atomic mass is 10.1. The molecule has 1 aliphatic heterocycles. The summed E-state index contributed by atoms with van der Waals surface area (Å²) in [4.78, 5) is 59.1. The number of ether oxygens (including phenoxy) is 4. The third kappa shape index (κ3) is 6.23. The number of likely N-dealkylation sites (N-methyl/N-ethyl adjacent to an activating group) is 1. The molecule has 3 rings (SSSR count). The molecule has 2 aromatic rings. The number of hydrogen-bond donors (Lipinski definition) is 0. The van der Waals surface area contributed by atoms with E-state index in [2.05, 4.69) is 0 Å². The molecule has 196 valence electrons. The number of nitrogens with zero attached hydrogens (tertiary/aromatic N) is 3. The number of esters is 2. The molecule has 1 heterocycles. The van der Waals surface area contributed by atoms with Crippen LogP contribution in [0.15, 0.2) is 48.5 Å². The van der Waals surface area contributed by atoms with Crippen molar-refractivity contribution >= 4 is 29.2 Å². The summed E-state index contributed by atoms with van der Waals surface area (Å²) >= 11 is 0. The summed E-state index contributed by atoms with van der Waals surface area (Å²) in [6, 6.07) is 8.62. The van der Waals surface area contributed by atoms with Crippen LogP contribution in [-0.2, 0) is 23.7 Å². The van der Waals surface area contributed by atoms with E-state index in [1.165, 1.54) is 50.2 Å². The van der Waals surface area contributed by atoms with Crippen LogP contribution in [0.3, 0.4) is 0 Å². The summed E-state index contributed by atoms with van der Waals surface area (Å²) in [5.74, 6) is -2.02. The first-order valence-corrected chi connectivity index (χ1v) is 10.8. The number of hydrogen-bond acceptors (Lipinski definition) is 11. The Labute approximate surface area is 210 Å². The molecule has 0 aromatic heterocycles. The van der Waals surface area contributed by atoms with Crippen LogP contribution in [0.4, 0.5) is 11.4 Å². The first-order chi connectivity index (χ1) is 17.5. The van der Waals surface area contributed by atoms with E-state index in [1.54, 1.807) is 0 Å². The van der Waals surface area contributed by atoms with Gasteiger partial charge in [-0.1, -0.05) is 0 Å². The van der Waals surface area contributed by atoms with Gasteiger partial charge in [0, 0.05) is 45.3 Å². The summed E-state index contributed by atoms with van der Waals surface area (Å²) in [5, 5.41) is 21.7. The van der Waals surface area contributed by atoms with E-state index >= 15 is 0 Å². The van der Waals surface area contributed by atoms with E-state index in [0.717, 1.165) is 24.3 Å². The minimum atomic E-state index is -1.13. The number of amides is 1. The van der Waals surface area contributed by atoms with Gasteiger partial charge >= 0.3 is 11.9 Å². The smallest absolute Gasteiger partial charge is 0.338 e. The Kier molecular flexibility index (Phi) is 8.47. The number of nitro groups is 2. The summed E-state index contributed by atoms with van der Waals surface area (Å²) in [6.07, 6.45) is -3.22. The van der Waals surface area contributed by atoms with Crippen LogP contribution in [0, 0.1) is 20.2 Å². The van der Waals surface area contributed by atoms with Crippen molar-refractivity contribution in [2.45, 2.75) is 31.5 Å². The normalized spacial score (nSPS) is 20.6. The third-order valence-corrected chi connectivity index (χ3v) is 5.72. The van der Waals surface area contributed by atoms with Crippen molar-refractivity contribution in [3.05, 3.63) is 79.9 Å². The highest BCUT2D eigenvalue weighted by atomic mass is 16.7. The van der Waals surface area contributed by atoms with Gasteiger partial charge in [-0.05, 0) is 24.3 Å². The van der Waals surface area contributed by atoms with E-state index in [0.29, 0.717) is 0 Å². The fourth-order valence-electron chi connectivity index (χ4n) is 3.71. The van der Waals surface area contributed by atoms with E-state index in [1.807, 2.05) is 0 Å². The van der Waals surface area contributed by atoms with Crippen molar-refractivity contribution in [2.75, 3.05) is 20.8 Å². The standard InChI is InChI=1S/C23H23N3O11/c1-13(27)24(2)19-18(12-35-21(28)14-4-8-16(9-5-14)25(30)31)36-23(34-3)20(19)37-22(29)15-6-10-17(11-7-15)26(32)33/h4-11,18-20,23H,12H2,1-3H3. The SMILES string of the molecule is COC1OC(COC(=O)c2ccc([N+](=O)[O-])cc2)C(N(C)C(C)=O)C1OC(=O)c1ccc([N+](=O)[O-])cc1. The van der Waals surface area contributed by atoms with Gasteiger partial charge in [-0.2, -0.15) is 0 Å². The molecule has 0 spiro atoms. The summed E-state index contributed by atoms with van der Waals surface area (Å²) in [7, 11) is 2.75. The molecule has 1 aliphatic rings. The fourth-order valence-corrected chi connectivity index (χ4v) is 3.71. The van der Waals surface area contributed by atoms with Gasteiger partial charge in [-0.15, -0.1) is 0 Å². The Morgan fingerprint density at radius 1 is 0.919 bits per heavy atom. The molecule has 37 heavy (non-hydrogen) atoms. The van der Waals surface area contributed by atoms with Crippen molar-refractivity contribution in [1.82, 2.24) is 4.90 Å². The summed E-state index contributed by atoms with van der Waals surface area (Å²) in [6.45, 7) is 0.929. The quantitative estimate of drug-likeness (QED) is 0.270. The van der Waals surface area contributed by atoms with E-state index in [4.69, 9.17) is 18.9 Å². The van der Waals surface area contributed by atoms with Gasteiger partial charge in [0.15, 0.2) is 12.4 Å². The predicted molar refractivity (Wildman–Crippen MR) is 124 cm³/mol. The molecule has 2 aromatic carbocycles. The molecule has 0 N–H and O–H groups in total. The van der Waals surface area contributed by atoms with Crippen LogP contribution >= 0.6 is 0 Å². The molecular weight excluding hydrogens is 494 g/mol. The highest BCUT2D eigenvalue weighted by molar-refractivity contribution is 5.90. The van der Waals surface area contributed by atoms with Crippen LogP contribution in [0.1, 0.15) is 27.6 Å². The highest BCUT2D eigenvalue weighted by Crippen LogP contribution is 2.30. The maximum Gasteiger partial charge on any atom is 0.338 e. The fraction of sp³-hybridized carbons (Fsp3) is 0.348. The summed E-state index contributed by atoms with van der Waals surface area (Å²) < 4.78 is 22.0. The molecule has 14 nitrogen and oxygen atoms in total. The minimum Gasteiger partial charge on any atom is -0.459 e. The van der Waals surface area contributed by atoms with E-state index < -0.39 is 52.2 Å². The lowest BCUT2D eigenvalue weighted by Gasteiger charge is -2.31. The average molecular weight is 517 g/mol. The second-order valence-corrected chi connectivity index (χ2v) is 7.98. The molecule has 4 unspecified atom stereocenters. The zero-order chi connectivity index (χ0) is 27.3. The first-order valence-electron chi connectivity index (χ1n) is 10.8. The zero-order valence-electron chi connectivity index (χ0n) is 20.0. The van der Waals surface area contributed by atoms with Crippen molar-refractivity contribution in [1.29, 1.82) is 0 Å². The topological polar surface area (TPSA) is 178 Å². The van der Waals surface area contributed by atoms with Crippen LogP contribution in [0.25, 0.3) is 0 Å². The van der Waals surface area contributed by atoms with Crippen molar-refractivity contribution in [3.63, 3.8) is 0 Å². The molecule has 0 radical (unpaired) electrons. The average Bonchev–Trinajstić information content (AvgIpc) is 3.23. The molecule has 4 atom stereocenters. The maximum atomic E-state index is 12.8. The number of non-ortho nitro benzene ring substituents is 2. The van der Waals surface area contributed by atoms with Crippen molar-refractivity contribution < 1.29 is 43.2 Å². The Bertz CT molecular complexity index is 1180. The molecule has 0 aliphatic carbocycles. The van der Waals surface area contributed by atoms with Gasteiger partial charge in [-0.25, -0.2) is 9.59 Å². The Morgan fingerprint density at radius 3 is 1.84 bits per heavy atom. The van der Waals surface area contributed by atoms with Crippen molar-refractivity contribution in [2.24, 2.45) is 0 Å². The van der Waals surface area contributed by atoms with Crippen molar-refractivity contribution in [3.8, 4) is 0 Å². The van der Waals surface area contributed by atoms with Crippen LogP contribution < -0.4 is 0 Å². The first kappa shape index (κ1) is 27.2. The lowest BCUT2D eigenvalue weighted by Crippen LogP contribution is -2.51. The highest BCUT2D eigenvalue weighted by Gasteiger charge is 2.50. The van der Waals surface area contributed by atoms with Gasteiger partial charge in [0.2, 0.25) is 5.91 Å². The molecule has 0 saturated carbocycles. The molecular formula is C23H23N3O11. The van der Waals surface area contributed by atoms with Gasteiger partial charge in [-0.3, -0.25) is 25.0 Å². The van der Waals surface area contributed by atoms with Gasteiger partial charge in [0.05, 0.1) is 21.0 Å². The maximum absolute atomic E-state index is 12.8. The van der Waals surface area contributed by atoms with Crippen LogP contribution in [-0.4, -0.2) is 77.9 Å². The number of methoxy groups -OCH3 is 1. The van der Waals surface area contributed by atoms with E-state index in [9.17, 15) is 34.6 Å². The number of benzene rings is 2. The number of nitro benzene ring substituents is 2. The van der Waals surface area contributed by atoms with E-state index in [-0.39, 0.29) is 29.1 Å². The second kappa shape index (κ2) is 11.5. The molecule has 1 amide bonds. The minimum absolute atomic E-state index is 0.0257. The molecule has 14 heteroatoms. The van der Waals surface area contributed by atoms with Crippen LogP contribution in [0.5, 0.6) is 0 Å². The number of rotatable bonds is 9. The summed E-state index contributed by atoms with van der Waals surface area (Å²) in [5.41, 5.74) is -0.318. The second-order valence-electron chi connectivity index (χ2n) is 7.98. The van der Waals surface area contributed by atoms with Gasteiger partial charge in [0.1, 0.15) is 18.8 Å². The monoisotopic (exact) mass is 517 g/mol. The Morgan fingerprint density at radius 2 is 1.41 bits per heavy atom. The lowest BCUT2D eigenvalue weighted by molar-refractivity contribution is -0.385.